The minimum atomic E-state index is -0.201. The highest BCUT2D eigenvalue weighted by Gasteiger charge is 1.93. The smallest absolute Gasteiger partial charge is 0.318 e. The molecule has 0 bridgehead atoms. The van der Waals surface area contributed by atoms with Crippen molar-refractivity contribution in [3.63, 3.8) is 0 Å². The number of rotatable bonds is 4. The van der Waals surface area contributed by atoms with Crippen LogP contribution in [0.1, 0.15) is 13.8 Å². The summed E-state index contributed by atoms with van der Waals surface area (Å²) in [5, 5.41) is 5.19. The Kier molecular flexibility index (Phi) is 6.09. The normalized spacial score (nSPS) is 8.92. The van der Waals surface area contributed by atoms with Crippen LogP contribution < -0.4 is 10.6 Å². The van der Waals surface area contributed by atoms with Gasteiger partial charge in [0.05, 0.1) is 6.61 Å². The predicted molar refractivity (Wildman–Crippen MR) is 47.8 cm³/mol. The molecule has 0 aromatic carbocycles. The fourth-order valence-corrected chi connectivity index (χ4v) is 0.528. The number of urea groups is 1. The maximum absolute atomic E-state index is 10.9. The molecule has 0 saturated heterocycles. The Bertz CT molecular complexity index is 162. The molecule has 70 valence electrons. The lowest BCUT2D eigenvalue weighted by atomic mass is 10.4. The molecule has 0 rings (SSSR count). The van der Waals surface area contributed by atoms with E-state index < -0.39 is 0 Å². The van der Waals surface area contributed by atoms with Crippen LogP contribution >= 0.6 is 0 Å². The third-order valence-electron chi connectivity index (χ3n) is 1.08. The molecular weight excluding hydrogens is 156 g/mol. The monoisotopic (exact) mass is 172 g/mol. The lowest BCUT2D eigenvalue weighted by molar-refractivity contribution is 0.196. The molecule has 2 N–H and O–H groups in total. The van der Waals surface area contributed by atoms with Crippen LogP contribution in [-0.2, 0) is 4.74 Å². The van der Waals surface area contributed by atoms with E-state index in [4.69, 9.17) is 4.74 Å². The maximum Gasteiger partial charge on any atom is 0.318 e. The molecular formula is C8H16N2O2. The summed E-state index contributed by atoms with van der Waals surface area (Å²) in [6.07, 6.45) is 1.65. The average Bonchev–Trinajstić information content (AvgIpc) is 2.01. The van der Waals surface area contributed by atoms with Gasteiger partial charge in [-0.2, -0.15) is 0 Å². The third-order valence-corrected chi connectivity index (χ3v) is 1.08. The molecule has 0 aliphatic carbocycles. The molecule has 4 nitrogen and oxygen atoms in total. The number of allylic oxidation sites excluding steroid dienone is 1. The molecule has 0 radical (unpaired) electrons. The molecule has 0 aromatic rings. The summed E-state index contributed by atoms with van der Waals surface area (Å²) in [5.74, 6) is 0. The van der Waals surface area contributed by atoms with E-state index in [1.54, 1.807) is 13.3 Å². The van der Waals surface area contributed by atoms with Crippen molar-refractivity contribution >= 4 is 6.03 Å². The lowest BCUT2D eigenvalue weighted by Crippen LogP contribution is -2.34. The molecule has 0 saturated carbocycles. The first kappa shape index (κ1) is 11.0. The Labute approximate surface area is 73.0 Å². The Morgan fingerprint density at radius 3 is 2.67 bits per heavy atom. The van der Waals surface area contributed by atoms with E-state index in [1.807, 2.05) is 13.8 Å². The molecule has 0 unspecified atom stereocenters. The van der Waals surface area contributed by atoms with Crippen molar-refractivity contribution in [2.24, 2.45) is 0 Å². The summed E-state index contributed by atoms with van der Waals surface area (Å²) in [6, 6.07) is -0.201. The molecule has 0 spiro atoms. The molecule has 0 aromatic heterocycles. The van der Waals surface area contributed by atoms with Crippen molar-refractivity contribution in [1.82, 2.24) is 10.6 Å². The first-order chi connectivity index (χ1) is 5.66. The molecule has 4 heteroatoms. The first-order valence-corrected chi connectivity index (χ1v) is 3.83. The van der Waals surface area contributed by atoms with Gasteiger partial charge >= 0.3 is 6.03 Å². The van der Waals surface area contributed by atoms with Crippen molar-refractivity contribution in [2.45, 2.75) is 13.8 Å². The highest BCUT2D eigenvalue weighted by atomic mass is 16.5. The van der Waals surface area contributed by atoms with Crippen molar-refractivity contribution in [2.75, 3.05) is 20.3 Å². The van der Waals surface area contributed by atoms with Gasteiger partial charge in [0.2, 0.25) is 0 Å². The second-order valence-electron chi connectivity index (χ2n) is 2.61. The van der Waals surface area contributed by atoms with Crippen LogP contribution in [0.2, 0.25) is 0 Å². The number of ether oxygens (including phenoxy) is 1. The van der Waals surface area contributed by atoms with E-state index >= 15 is 0 Å². The van der Waals surface area contributed by atoms with E-state index in [2.05, 4.69) is 10.6 Å². The summed E-state index contributed by atoms with van der Waals surface area (Å²) < 4.78 is 4.76. The fraction of sp³-hybridized carbons (Fsp3) is 0.625. The number of hydrogen-bond donors (Lipinski definition) is 2. The SMILES string of the molecule is COCCNC(=O)NC=C(C)C. The maximum atomic E-state index is 10.9. The zero-order valence-electron chi connectivity index (χ0n) is 7.81. The van der Waals surface area contributed by atoms with Crippen LogP contribution in [-0.4, -0.2) is 26.3 Å². The number of nitrogens with one attached hydrogen (secondary N) is 2. The summed E-state index contributed by atoms with van der Waals surface area (Å²) in [5.41, 5.74) is 1.05. The molecule has 0 heterocycles. The summed E-state index contributed by atoms with van der Waals surface area (Å²) in [7, 11) is 1.59. The Balaban J connectivity index is 3.41. The van der Waals surface area contributed by atoms with Crippen molar-refractivity contribution < 1.29 is 9.53 Å². The number of methoxy groups -OCH3 is 1. The second kappa shape index (κ2) is 6.67. The lowest BCUT2D eigenvalue weighted by Gasteiger charge is -2.03. The zero-order chi connectivity index (χ0) is 9.40. The van der Waals surface area contributed by atoms with Crippen LogP contribution in [0.3, 0.4) is 0 Å². The van der Waals surface area contributed by atoms with Gasteiger partial charge in [0.15, 0.2) is 0 Å². The van der Waals surface area contributed by atoms with Crippen molar-refractivity contribution in [3.05, 3.63) is 11.8 Å². The van der Waals surface area contributed by atoms with Gasteiger partial charge in [-0.3, -0.25) is 0 Å². The van der Waals surface area contributed by atoms with E-state index in [0.29, 0.717) is 13.2 Å². The summed E-state index contributed by atoms with van der Waals surface area (Å²) >= 11 is 0. The molecule has 0 aliphatic heterocycles. The van der Waals surface area contributed by atoms with Gasteiger partial charge < -0.3 is 15.4 Å². The second-order valence-corrected chi connectivity index (χ2v) is 2.61. The molecule has 0 aliphatic rings. The molecule has 2 amide bonds. The van der Waals surface area contributed by atoms with Crippen molar-refractivity contribution in [1.29, 1.82) is 0 Å². The number of carbonyl (C=O) groups is 1. The van der Waals surface area contributed by atoms with Crippen LogP contribution in [0.25, 0.3) is 0 Å². The van der Waals surface area contributed by atoms with Gasteiger partial charge in [0.25, 0.3) is 0 Å². The molecule has 12 heavy (non-hydrogen) atoms. The highest BCUT2D eigenvalue weighted by molar-refractivity contribution is 5.74. The number of amides is 2. The van der Waals surface area contributed by atoms with E-state index in [-0.39, 0.29) is 6.03 Å². The summed E-state index contributed by atoms with van der Waals surface area (Å²) in [4.78, 5) is 10.9. The van der Waals surface area contributed by atoms with E-state index in [1.165, 1.54) is 0 Å². The van der Waals surface area contributed by atoms with Crippen LogP contribution in [0.15, 0.2) is 11.8 Å². The number of carbonyl (C=O) groups excluding carboxylic acids is 1. The topological polar surface area (TPSA) is 50.4 Å². The Morgan fingerprint density at radius 2 is 2.17 bits per heavy atom. The Hall–Kier alpha value is -1.03. The standard InChI is InChI=1S/C8H16N2O2/c1-7(2)6-10-8(11)9-4-5-12-3/h6H,4-5H2,1-3H3,(H2,9,10,11). The van der Waals surface area contributed by atoms with Gasteiger partial charge in [-0.15, -0.1) is 0 Å². The number of hydrogen-bond acceptors (Lipinski definition) is 2. The fourth-order valence-electron chi connectivity index (χ4n) is 0.528. The first-order valence-electron chi connectivity index (χ1n) is 3.83. The third kappa shape index (κ3) is 7.08. The van der Waals surface area contributed by atoms with Crippen LogP contribution in [0.5, 0.6) is 0 Å². The van der Waals surface area contributed by atoms with Gasteiger partial charge in [-0.1, -0.05) is 5.57 Å². The quantitative estimate of drug-likeness (QED) is 0.618. The Morgan fingerprint density at radius 1 is 1.50 bits per heavy atom. The molecule has 0 atom stereocenters. The summed E-state index contributed by atoms with van der Waals surface area (Å²) in [6.45, 7) is 4.88. The van der Waals surface area contributed by atoms with Gasteiger partial charge in [0, 0.05) is 19.9 Å². The zero-order valence-corrected chi connectivity index (χ0v) is 7.81. The molecule has 0 fully saturated rings. The van der Waals surface area contributed by atoms with Crippen molar-refractivity contribution in [3.8, 4) is 0 Å². The van der Waals surface area contributed by atoms with Crippen LogP contribution in [0.4, 0.5) is 4.79 Å². The highest BCUT2D eigenvalue weighted by Crippen LogP contribution is 1.82. The van der Waals surface area contributed by atoms with Gasteiger partial charge in [-0.25, -0.2) is 4.79 Å². The minimum absolute atomic E-state index is 0.201. The average molecular weight is 172 g/mol. The van der Waals surface area contributed by atoms with Gasteiger partial charge in [-0.05, 0) is 13.8 Å². The van der Waals surface area contributed by atoms with Gasteiger partial charge in [0.1, 0.15) is 0 Å². The predicted octanol–water partition coefficient (Wildman–Crippen LogP) is 0.856. The minimum Gasteiger partial charge on any atom is -0.383 e. The van der Waals surface area contributed by atoms with E-state index in [9.17, 15) is 4.79 Å². The largest absolute Gasteiger partial charge is 0.383 e. The van der Waals surface area contributed by atoms with E-state index in [0.717, 1.165) is 5.57 Å². The van der Waals surface area contributed by atoms with Crippen LogP contribution in [0, 0.1) is 0 Å².